The highest BCUT2D eigenvalue weighted by Crippen LogP contribution is 2.31. The Morgan fingerprint density at radius 1 is 1.17 bits per heavy atom. The van der Waals surface area contributed by atoms with Crippen LogP contribution in [0.2, 0.25) is 5.02 Å². The third-order valence-electron chi connectivity index (χ3n) is 5.12. The molecule has 0 spiro atoms. The number of halogens is 1. The molecule has 6 heteroatoms. The molecule has 3 aromatic rings. The minimum Gasteiger partial charge on any atom is -0.484 e. The Hall–Kier alpha value is -2.79. The number of carbonyl (C=O) groups is 1. The maximum atomic E-state index is 12.7. The lowest BCUT2D eigenvalue weighted by Gasteiger charge is -2.26. The van der Waals surface area contributed by atoms with Crippen LogP contribution in [0.15, 0.2) is 53.1 Å². The summed E-state index contributed by atoms with van der Waals surface area (Å²) in [6, 6.07) is 15.4. The largest absolute Gasteiger partial charge is 0.484 e. The number of fused-ring (bicyclic) bond motifs is 1. The Balaban J connectivity index is 1.40. The molecule has 2 aromatic carbocycles. The molecule has 0 saturated heterocycles. The molecule has 29 heavy (non-hydrogen) atoms. The van der Waals surface area contributed by atoms with E-state index >= 15 is 0 Å². The van der Waals surface area contributed by atoms with Crippen LogP contribution in [0.1, 0.15) is 30.2 Å². The van der Waals surface area contributed by atoms with Gasteiger partial charge in [-0.05, 0) is 48.4 Å². The molecular formula is C23H23ClN2O3. The molecule has 0 fully saturated rings. The highest BCUT2D eigenvalue weighted by molar-refractivity contribution is 6.30. The lowest BCUT2D eigenvalue weighted by Crippen LogP contribution is -2.38. The molecule has 1 aliphatic heterocycles. The summed E-state index contributed by atoms with van der Waals surface area (Å²) >= 11 is 5.98. The fourth-order valence-corrected chi connectivity index (χ4v) is 3.66. The van der Waals surface area contributed by atoms with E-state index in [4.69, 9.17) is 20.9 Å². The maximum absolute atomic E-state index is 12.7. The molecule has 0 bridgehead atoms. The Morgan fingerprint density at radius 2 is 1.93 bits per heavy atom. The van der Waals surface area contributed by atoms with E-state index in [0.717, 1.165) is 29.7 Å². The molecule has 1 aliphatic rings. The number of benzene rings is 2. The number of hydrogen-bond acceptors (Lipinski definition) is 4. The van der Waals surface area contributed by atoms with E-state index < -0.39 is 0 Å². The lowest BCUT2D eigenvalue weighted by molar-refractivity contribution is -0.134. The average molecular weight is 411 g/mol. The number of rotatable bonds is 6. The summed E-state index contributed by atoms with van der Waals surface area (Å²) in [5.41, 5.74) is 4.04. The molecule has 1 amide bonds. The van der Waals surface area contributed by atoms with E-state index in [0.29, 0.717) is 36.0 Å². The number of aryl methyl sites for hydroxylation is 1. The third-order valence-corrected chi connectivity index (χ3v) is 5.37. The van der Waals surface area contributed by atoms with Gasteiger partial charge >= 0.3 is 0 Å². The van der Waals surface area contributed by atoms with Crippen molar-refractivity contribution in [3.63, 3.8) is 0 Å². The Labute approximate surface area is 175 Å². The summed E-state index contributed by atoms with van der Waals surface area (Å²) in [6.45, 7) is 3.25. The molecule has 4 rings (SSSR count). The first kappa shape index (κ1) is 19.5. The van der Waals surface area contributed by atoms with Gasteiger partial charge in [-0.1, -0.05) is 42.2 Å². The van der Waals surface area contributed by atoms with Gasteiger partial charge in [0.05, 0.1) is 12.2 Å². The average Bonchev–Trinajstić information content (AvgIpc) is 3.17. The molecular weight excluding hydrogens is 388 g/mol. The zero-order chi connectivity index (χ0) is 20.2. The number of nitrogens with zero attached hydrogens (tertiary/aromatic N) is 2. The van der Waals surface area contributed by atoms with E-state index in [1.807, 2.05) is 48.5 Å². The van der Waals surface area contributed by atoms with Gasteiger partial charge in [0.25, 0.3) is 5.91 Å². The van der Waals surface area contributed by atoms with Crippen molar-refractivity contribution in [1.29, 1.82) is 0 Å². The van der Waals surface area contributed by atoms with Gasteiger partial charge in [-0.2, -0.15) is 0 Å². The van der Waals surface area contributed by atoms with Gasteiger partial charge in [0, 0.05) is 29.1 Å². The molecule has 0 radical (unpaired) electrons. The van der Waals surface area contributed by atoms with E-state index in [1.165, 1.54) is 5.56 Å². The minimum atomic E-state index is -0.0449. The zero-order valence-electron chi connectivity index (χ0n) is 16.4. The van der Waals surface area contributed by atoms with Crippen molar-refractivity contribution in [2.45, 2.75) is 32.7 Å². The summed E-state index contributed by atoms with van der Waals surface area (Å²) in [4.78, 5) is 14.5. The lowest BCUT2D eigenvalue weighted by atomic mass is 10.0. The second-order valence-electron chi connectivity index (χ2n) is 7.19. The fraction of sp³-hybridized carbons (Fsp3) is 0.304. The van der Waals surface area contributed by atoms with Crippen LogP contribution in [0, 0.1) is 0 Å². The highest BCUT2D eigenvalue weighted by atomic mass is 35.5. The normalized spacial score (nSPS) is 13.2. The summed E-state index contributed by atoms with van der Waals surface area (Å²) in [5.74, 6) is 1.36. The van der Waals surface area contributed by atoms with Crippen molar-refractivity contribution in [2.75, 3.05) is 13.2 Å². The number of carbonyl (C=O) groups excluding carboxylic acids is 1. The summed E-state index contributed by atoms with van der Waals surface area (Å²) < 4.78 is 11.3. The molecule has 2 heterocycles. The van der Waals surface area contributed by atoms with Gasteiger partial charge in [-0.25, -0.2) is 0 Å². The van der Waals surface area contributed by atoms with Crippen molar-refractivity contribution in [3.05, 3.63) is 70.4 Å². The fourth-order valence-electron chi connectivity index (χ4n) is 3.53. The molecule has 0 unspecified atom stereocenters. The SMILES string of the molecule is CCCc1ccc(OCC(=O)N2CCc3noc(-c4ccc(Cl)cc4)c3C2)cc1. The Bertz CT molecular complexity index is 980. The van der Waals surface area contributed by atoms with Gasteiger partial charge in [-0.15, -0.1) is 0 Å². The smallest absolute Gasteiger partial charge is 0.260 e. The first-order valence-corrected chi connectivity index (χ1v) is 10.2. The number of aromatic nitrogens is 1. The Morgan fingerprint density at radius 3 is 2.66 bits per heavy atom. The molecule has 0 saturated carbocycles. The van der Waals surface area contributed by atoms with E-state index in [9.17, 15) is 4.79 Å². The predicted octanol–water partition coefficient (Wildman–Crippen LogP) is 4.91. The van der Waals surface area contributed by atoms with Crippen molar-refractivity contribution in [1.82, 2.24) is 10.1 Å². The van der Waals surface area contributed by atoms with Crippen molar-refractivity contribution in [3.8, 4) is 17.1 Å². The predicted molar refractivity (Wildman–Crippen MR) is 112 cm³/mol. The van der Waals surface area contributed by atoms with Gasteiger partial charge in [0.15, 0.2) is 12.4 Å². The van der Waals surface area contributed by atoms with Gasteiger partial charge < -0.3 is 14.2 Å². The van der Waals surface area contributed by atoms with Crippen molar-refractivity contribution < 1.29 is 14.1 Å². The van der Waals surface area contributed by atoms with Crippen LogP contribution in [0.4, 0.5) is 0 Å². The van der Waals surface area contributed by atoms with Gasteiger partial charge in [0.2, 0.25) is 0 Å². The first-order chi connectivity index (χ1) is 14.1. The second-order valence-corrected chi connectivity index (χ2v) is 7.63. The minimum absolute atomic E-state index is 0.0179. The summed E-state index contributed by atoms with van der Waals surface area (Å²) in [5, 5.41) is 4.85. The van der Waals surface area contributed by atoms with E-state index in [1.54, 1.807) is 4.90 Å². The number of hydrogen-bond donors (Lipinski definition) is 0. The molecule has 5 nitrogen and oxygen atoms in total. The summed E-state index contributed by atoms with van der Waals surface area (Å²) in [6.07, 6.45) is 2.82. The van der Waals surface area contributed by atoms with Gasteiger partial charge in [0.1, 0.15) is 5.75 Å². The molecule has 0 N–H and O–H groups in total. The van der Waals surface area contributed by atoms with Crippen LogP contribution in [0.3, 0.4) is 0 Å². The number of amides is 1. The van der Waals surface area contributed by atoms with Crippen LogP contribution >= 0.6 is 11.6 Å². The maximum Gasteiger partial charge on any atom is 0.260 e. The van der Waals surface area contributed by atoms with Gasteiger partial charge in [-0.3, -0.25) is 4.79 Å². The quantitative estimate of drug-likeness (QED) is 0.579. The molecule has 0 atom stereocenters. The highest BCUT2D eigenvalue weighted by Gasteiger charge is 2.27. The second kappa shape index (κ2) is 8.70. The van der Waals surface area contributed by atoms with Crippen LogP contribution in [-0.2, 0) is 24.2 Å². The zero-order valence-corrected chi connectivity index (χ0v) is 17.1. The van der Waals surface area contributed by atoms with Crippen LogP contribution in [0.25, 0.3) is 11.3 Å². The first-order valence-electron chi connectivity index (χ1n) is 9.87. The molecule has 150 valence electrons. The van der Waals surface area contributed by atoms with E-state index in [2.05, 4.69) is 12.1 Å². The number of ether oxygens (including phenoxy) is 1. The third kappa shape index (κ3) is 4.46. The molecule has 0 aliphatic carbocycles. The topological polar surface area (TPSA) is 55.6 Å². The summed E-state index contributed by atoms with van der Waals surface area (Å²) in [7, 11) is 0. The van der Waals surface area contributed by atoms with Crippen LogP contribution in [-0.4, -0.2) is 29.1 Å². The van der Waals surface area contributed by atoms with Crippen LogP contribution in [0.5, 0.6) is 5.75 Å². The molecule has 1 aromatic heterocycles. The van der Waals surface area contributed by atoms with Crippen molar-refractivity contribution in [2.24, 2.45) is 0 Å². The van der Waals surface area contributed by atoms with E-state index in [-0.39, 0.29) is 12.5 Å². The standard InChI is InChI=1S/C23H23ClN2O3/c1-2-3-16-4-10-19(11-5-16)28-15-22(27)26-13-12-21-20(14-26)23(29-25-21)17-6-8-18(24)9-7-17/h4-11H,2-3,12-15H2,1H3. The van der Waals surface area contributed by atoms with Crippen molar-refractivity contribution >= 4 is 17.5 Å². The van der Waals surface area contributed by atoms with Crippen LogP contribution < -0.4 is 4.74 Å². The Kier molecular flexibility index (Phi) is 5.86. The monoisotopic (exact) mass is 410 g/mol.